The lowest BCUT2D eigenvalue weighted by atomic mass is 10.0. The van der Waals surface area contributed by atoms with Crippen molar-refractivity contribution in [2.24, 2.45) is 0 Å². The summed E-state index contributed by atoms with van der Waals surface area (Å²) in [6, 6.07) is 7.52. The normalized spacial score (nSPS) is 11.8. The SMILES string of the molecule is CCCC/C(NC(=O)CC)=C(/Cc1ccc(Br)cc1)C(=O)O. The minimum absolute atomic E-state index is 0.152. The Bertz CT molecular complexity index is 550. The molecule has 22 heavy (non-hydrogen) atoms. The van der Waals surface area contributed by atoms with Crippen LogP contribution in [0.3, 0.4) is 0 Å². The minimum Gasteiger partial charge on any atom is -0.478 e. The maximum atomic E-state index is 11.7. The van der Waals surface area contributed by atoms with Crippen LogP contribution in [-0.4, -0.2) is 17.0 Å². The predicted octanol–water partition coefficient (Wildman–Crippen LogP) is 4.05. The molecule has 4 nitrogen and oxygen atoms in total. The summed E-state index contributed by atoms with van der Waals surface area (Å²) in [5.41, 5.74) is 1.70. The number of carboxylic acid groups (broad SMARTS) is 1. The average Bonchev–Trinajstić information content (AvgIpc) is 2.50. The molecule has 0 aliphatic carbocycles. The molecule has 0 saturated carbocycles. The number of allylic oxidation sites excluding steroid dienone is 1. The van der Waals surface area contributed by atoms with Gasteiger partial charge in [-0.15, -0.1) is 0 Å². The number of aliphatic carboxylic acids is 1. The number of benzene rings is 1. The Morgan fingerprint density at radius 3 is 2.32 bits per heavy atom. The third-order valence-electron chi connectivity index (χ3n) is 3.31. The van der Waals surface area contributed by atoms with E-state index in [2.05, 4.69) is 21.2 Å². The number of hydrogen-bond donors (Lipinski definition) is 2. The second-order valence-corrected chi connectivity index (χ2v) is 5.99. The molecule has 0 aromatic heterocycles. The number of unbranched alkanes of at least 4 members (excludes halogenated alkanes) is 1. The van der Waals surface area contributed by atoms with Crippen LogP contribution in [0, 0.1) is 0 Å². The number of hydrogen-bond acceptors (Lipinski definition) is 2. The molecule has 1 amide bonds. The molecule has 0 atom stereocenters. The molecule has 0 aliphatic rings. The van der Waals surface area contributed by atoms with E-state index in [1.54, 1.807) is 6.92 Å². The lowest BCUT2D eigenvalue weighted by molar-refractivity contribution is -0.132. The molecule has 1 aromatic rings. The van der Waals surface area contributed by atoms with E-state index in [0.717, 1.165) is 22.9 Å². The zero-order valence-electron chi connectivity index (χ0n) is 13.0. The van der Waals surface area contributed by atoms with Gasteiger partial charge in [-0.1, -0.05) is 48.3 Å². The quantitative estimate of drug-likeness (QED) is 0.681. The van der Waals surface area contributed by atoms with Crippen molar-refractivity contribution < 1.29 is 14.7 Å². The van der Waals surface area contributed by atoms with Gasteiger partial charge in [0, 0.05) is 23.0 Å². The molecule has 1 aromatic carbocycles. The van der Waals surface area contributed by atoms with E-state index in [-0.39, 0.29) is 11.5 Å². The Kier molecular flexibility index (Phi) is 7.88. The number of halogens is 1. The Hall–Kier alpha value is -1.62. The van der Waals surface area contributed by atoms with Crippen molar-refractivity contribution in [1.82, 2.24) is 5.32 Å². The van der Waals surface area contributed by atoms with Gasteiger partial charge in [0.25, 0.3) is 0 Å². The molecule has 0 bridgehead atoms. The molecule has 0 fully saturated rings. The summed E-state index contributed by atoms with van der Waals surface area (Å²) in [6.45, 7) is 3.79. The van der Waals surface area contributed by atoms with Gasteiger partial charge in [0.1, 0.15) is 0 Å². The predicted molar refractivity (Wildman–Crippen MR) is 90.5 cm³/mol. The van der Waals surface area contributed by atoms with Crippen LogP contribution < -0.4 is 5.32 Å². The van der Waals surface area contributed by atoms with Crippen molar-refractivity contribution >= 4 is 27.8 Å². The highest BCUT2D eigenvalue weighted by Gasteiger charge is 2.16. The molecule has 0 unspecified atom stereocenters. The van der Waals surface area contributed by atoms with Crippen LogP contribution in [-0.2, 0) is 16.0 Å². The molecular weight excluding hydrogens is 346 g/mol. The van der Waals surface area contributed by atoms with Gasteiger partial charge in [0.15, 0.2) is 0 Å². The Morgan fingerprint density at radius 2 is 1.82 bits per heavy atom. The number of nitrogens with one attached hydrogen (secondary N) is 1. The number of carbonyl (C=O) groups excluding carboxylic acids is 1. The van der Waals surface area contributed by atoms with E-state index < -0.39 is 5.97 Å². The largest absolute Gasteiger partial charge is 0.478 e. The summed E-state index contributed by atoms with van der Waals surface area (Å²) >= 11 is 3.36. The van der Waals surface area contributed by atoms with Crippen molar-refractivity contribution in [3.8, 4) is 0 Å². The molecule has 1 rings (SSSR count). The average molecular weight is 368 g/mol. The van der Waals surface area contributed by atoms with E-state index in [9.17, 15) is 14.7 Å². The fraction of sp³-hybridized carbons (Fsp3) is 0.412. The summed E-state index contributed by atoms with van der Waals surface area (Å²) in [7, 11) is 0. The van der Waals surface area contributed by atoms with E-state index >= 15 is 0 Å². The van der Waals surface area contributed by atoms with Crippen LogP contribution in [0.25, 0.3) is 0 Å². The van der Waals surface area contributed by atoms with Gasteiger partial charge in [-0.3, -0.25) is 4.79 Å². The summed E-state index contributed by atoms with van der Waals surface area (Å²) in [6.07, 6.45) is 2.99. The van der Waals surface area contributed by atoms with Gasteiger partial charge in [-0.05, 0) is 30.5 Å². The summed E-state index contributed by atoms with van der Waals surface area (Å²) in [5.74, 6) is -1.13. The Morgan fingerprint density at radius 1 is 1.18 bits per heavy atom. The molecule has 0 saturated heterocycles. The van der Waals surface area contributed by atoms with E-state index in [4.69, 9.17) is 0 Å². The van der Waals surface area contributed by atoms with E-state index in [0.29, 0.717) is 25.0 Å². The first kappa shape index (κ1) is 18.4. The lowest BCUT2D eigenvalue weighted by Crippen LogP contribution is -2.25. The first-order chi connectivity index (χ1) is 10.5. The van der Waals surface area contributed by atoms with Gasteiger partial charge in [-0.25, -0.2) is 4.79 Å². The lowest BCUT2D eigenvalue weighted by Gasteiger charge is -2.14. The van der Waals surface area contributed by atoms with Crippen molar-refractivity contribution in [1.29, 1.82) is 0 Å². The summed E-state index contributed by atoms with van der Waals surface area (Å²) < 4.78 is 0.947. The molecule has 2 N–H and O–H groups in total. The van der Waals surface area contributed by atoms with Crippen molar-refractivity contribution in [3.63, 3.8) is 0 Å². The number of rotatable bonds is 8. The van der Waals surface area contributed by atoms with Gasteiger partial charge < -0.3 is 10.4 Å². The highest BCUT2D eigenvalue weighted by Crippen LogP contribution is 2.18. The Labute approximate surface area is 139 Å². The van der Waals surface area contributed by atoms with Gasteiger partial charge in [0.05, 0.1) is 5.57 Å². The Balaban J connectivity index is 3.09. The van der Waals surface area contributed by atoms with Crippen LogP contribution in [0.4, 0.5) is 0 Å². The standard InChI is InChI=1S/C17H22BrNO3/c1-3-5-6-15(19-16(20)4-2)14(17(21)22)11-12-7-9-13(18)10-8-12/h7-10H,3-6,11H2,1-2H3,(H,19,20)(H,21,22)/b15-14+. The fourth-order valence-corrected chi connectivity index (χ4v) is 2.28. The summed E-state index contributed by atoms with van der Waals surface area (Å²) in [4.78, 5) is 23.3. The van der Waals surface area contributed by atoms with Crippen molar-refractivity contribution in [2.45, 2.75) is 46.0 Å². The summed E-state index contributed by atoms with van der Waals surface area (Å²) in [5, 5.41) is 12.3. The van der Waals surface area contributed by atoms with Crippen molar-refractivity contribution in [3.05, 3.63) is 45.6 Å². The monoisotopic (exact) mass is 367 g/mol. The highest BCUT2D eigenvalue weighted by molar-refractivity contribution is 9.10. The van der Waals surface area contributed by atoms with Gasteiger partial charge >= 0.3 is 5.97 Å². The zero-order chi connectivity index (χ0) is 16.5. The second kappa shape index (κ2) is 9.41. The smallest absolute Gasteiger partial charge is 0.333 e. The second-order valence-electron chi connectivity index (χ2n) is 5.07. The van der Waals surface area contributed by atoms with Crippen LogP contribution in [0.1, 0.15) is 45.1 Å². The van der Waals surface area contributed by atoms with Crippen LogP contribution >= 0.6 is 15.9 Å². The highest BCUT2D eigenvalue weighted by atomic mass is 79.9. The maximum Gasteiger partial charge on any atom is 0.333 e. The number of amides is 1. The zero-order valence-corrected chi connectivity index (χ0v) is 14.6. The molecular formula is C17H22BrNO3. The fourth-order valence-electron chi connectivity index (χ4n) is 2.02. The third kappa shape index (κ3) is 6.02. The van der Waals surface area contributed by atoms with Crippen LogP contribution in [0.2, 0.25) is 0 Å². The molecule has 0 aliphatic heterocycles. The number of carbonyl (C=O) groups is 2. The van der Waals surface area contributed by atoms with E-state index in [1.165, 1.54) is 0 Å². The molecule has 5 heteroatoms. The molecule has 120 valence electrons. The maximum absolute atomic E-state index is 11.7. The number of carboxylic acids is 1. The van der Waals surface area contributed by atoms with Gasteiger partial charge in [-0.2, -0.15) is 0 Å². The minimum atomic E-state index is -0.981. The molecule has 0 radical (unpaired) electrons. The van der Waals surface area contributed by atoms with Crippen LogP contribution in [0.15, 0.2) is 40.0 Å². The van der Waals surface area contributed by atoms with Gasteiger partial charge in [0.2, 0.25) is 5.91 Å². The third-order valence-corrected chi connectivity index (χ3v) is 3.84. The van der Waals surface area contributed by atoms with Crippen molar-refractivity contribution in [2.75, 3.05) is 0 Å². The first-order valence-corrected chi connectivity index (χ1v) is 8.26. The van der Waals surface area contributed by atoms with E-state index in [1.807, 2.05) is 31.2 Å². The first-order valence-electron chi connectivity index (χ1n) is 7.47. The topological polar surface area (TPSA) is 66.4 Å². The molecule has 0 heterocycles. The molecule has 0 spiro atoms. The van der Waals surface area contributed by atoms with Crippen LogP contribution in [0.5, 0.6) is 0 Å².